The average Bonchev–Trinajstić information content (AvgIpc) is 2.56. The molecule has 0 saturated carbocycles. The van der Waals surface area contributed by atoms with Gasteiger partial charge >= 0.3 is 11.9 Å². The van der Waals surface area contributed by atoms with Crippen LogP contribution in [0.25, 0.3) is 0 Å². The quantitative estimate of drug-likeness (QED) is 0.771. The van der Waals surface area contributed by atoms with E-state index in [1.807, 2.05) is 30.3 Å². The molecular formula is C17H20O7. The molecule has 0 bridgehead atoms. The number of hydrogen-bond donors (Lipinski definition) is 0. The zero-order valence-corrected chi connectivity index (χ0v) is 13.5. The summed E-state index contributed by atoms with van der Waals surface area (Å²) < 4.78 is 28.0. The molecule has 3 rings (SSSR count). The molecule has 2 saturated heterocycles. The van der Waals surface area contributed by atoms with Gasteiger partial charge in [0.1, 0.15) is 12.2 Å². The maximum Gasteiger partial charge on any atom is 0.303 e. The third-order valence-electron chi connectivity index (χ3n) is 3.91. The van der Waals surface area contributed by atoms with E-state index in [9.17, 15) is 9.59 Å². The van der Waals surface area contributed by atoms with Gasteiger partial charge in [0, 0.05) is 19.4 Å². The summed E-state index contributed by atoms with van der Waals surface area (Å²) in [5.41, 5.74) is 0.854. The van der Waals surface area contributed by atoms with Gasteiger partial charge in [-0.15, -0.1) is 0 Å². The Labute approximate surface area is 139 Å². The lowest BCUT2D eigenvalue weighted by Crippen LogP contribution is -2.60. The lowest BCUT2D eigenvalue weighted by atomic mass is 9.98. The molecule has 0 amide bonds. The van der Waals surface area contributed by atoms with Crippen molar-refractivity contribution in [3.63, 3.8) is 0 Å². The van der Waals surface area contributed by atoms with E-state index in [0.29, 0.717) is 6.61 Å². The summed E-state index contributed by atoms with van der Waals surface area (Å²) in [6.45, 7) is 3.04. The first-order valence-corrected chi connectivity index (χ1v) is 7.82. The number of esters is 2. The molecule has 0 radical (unpaired) electrons. The van der Waals surface area contributed by atoms with E-state index in [1.54, 1.807) is 0 Å². The minimum atomic E-state index is -0.736. The molecule has 2 heterocycles. The number of hydrogen-bond acceptors (Lipinski definition) is 7. The first-order valence-electron chi connectivity index (χ1n) is 7.82. The molecule has 2 fully saturated rings. The van der Waals surface area contributed by atoms with Gasteiger partial charge in [-0.1, -0.05) is 30.3 Å². The van der Waals surface area contributed by atoms with Gasteiger partial charge in [0.15, 0.2) is 18.5 Å². The predicted molar refractivity (Wildman–Crippen MR) is 80.9 cm³/mol. The number of ether oxygens (including phenoxy) is 5. The van der Waals surface area contributed by atoms with E-state index in [4.69, 9.17) is 23.7 Å². The van der Waals surface area contributed by atoms with E-state index < -0.39 is 36.5 Å². The number of carbonyl (C=O) groups excluding carboxylic acids is 2. The molecule has 1 aromatic carbocycles. The fraction of sp³-hybridized carbons (Fsp3) is 0.529. The molecule has 130 valence electrons. The van der Waals surface area contributed by atoms with Crippen LogP contribution in [0.2, 0.25) is 0 Å². The van der Waals surface area contributed by atoms with Gasteiger partial charge in [-0.25, -0.2) is 0 Å². The summed E-state index contributed by atoms with van der Waals surface area (Å²) in [5, 5.41) is 0. The van der Waals surface area contributed by atoms with Crippen molar-refractivity contribution in [2.75, 3.05) is 13.2 Å². The van der Waals surface area contributed by atoms with Crippen LogP contribution in [0.15, 0.2) is 30.3 Å². The van der Waals surface area contributed by atoms with Crippen LogP contribution >= 0.6 is 0 Å². The van der Waals surface area contributed by atoms with Crippen LogP contribution < -0.4 is 0 Å². The van der Waals surface area contributed by atoms with E-state index >= 15 is 0 Å². The highest BCUT2D eigenvalue weighted by Gasteiger charge is 2.48. The maximum absolute atomic E-state index is 11.5. The fourth-order valence-electron chi connectivity index (χ4n) is 2.94. The van der Waals surface area contributed by atoms with E-state index in [2.05, 4.69) is 0 Å². The van der Waals surface area contributed by atoms with Crippen molar-refractivity contribution >= 4 is 11.9 Å². The van der Waals surface area contributed by atoms with Gasteiger partial charge in [-0.3, -0.25) is 9.59 Å². The predicted octanol–water partition coefficient (Wildman–Crippen LogP) is 1.36. The Bertz CT molecular complexity index is 588. The van der Waals surface area contributed by atoms with Gasteiger partial charge in [-0.2, -0.15) is 0 Å². The number of fused-ring (bicyclic) bond motifs is 1. The molecule has 0 aromatic heterocycles. The van der Waals surface area contributed by atoms with Crippen molar-refractivity contribution in [1.82, 2.24) is 0 Å². The molecule has 7 heteroatoms. The summed E-state index contributed by atoms with van der Waals surface area (Å²) in [4.78, 5) is 22.8. The summed E-state index contributed by atoms with van der Waals surface area (Å²) in [7, 11) is 0. The zero-order chi connectivity index (χ0) is 17.1. The lowest BCUT2D eigenvalue weighted by Gasteiger charge is -2.45. The molecule has 1 aromatic rings. The molecular weight excluding hydrogens is 316 g/mol. The standard InChI is InChI=1S/C17H20O7/c1-10(18)22-14-9-20-13-8-21-17(12-6-4-3-5-7-12)24-15(13)16(14)23-11(2)19/h3-7,13-17H,8-9H2,1-2H3. The zero-order valence-electron chi connectivity index (χ0n) is 13.5. The third kappa shape index (κ3) is 3.75. The molecule has 5 unspecified atom stereocenters. The van der Waals surface area contributed by atoms with Crippen LogP contribution in [0.1, 0.15) is 25.7 Å². The molecule has 24 heavy (non-hydrogen) atoms. The second-order valence-electron chi connectivity index (χ2n) is 5.77. The Morgan fingerprint density at radius 1 is 1.00 bits per heavy atom. The Hall–Kier alpha value is -1.96. The molecule has 0 N–H and O–H groups in total. The monoisotopic (exact) mass is 336 g/mol. The van der Waals surface area contributed by atoms with Gasteiger partial charge in [0.2, 0.25) is 0 Å². The van der Waals surface area contributed by atoms with Crippen LogP contribution in [0.3, 0.4) is 0 Å². The fourth-order valence-corrected chi connectivity index (χ4v) is 2.94. The van der Waals surface area contributed by atoms with Crippen molar-refractivity contribution in [2.24, 2.45) is 0 Å². The summed E-state index contributed by atoms with van der Waals surface area (Å²) in [5.74, 6) is -0.935. The molecule has 2 aliphatic rings. The smallest absolute Gasteiger partial charge is 0.303 e. The van der Waals surface area contributed by atoms with Crippen LogP contribution in [-0.2, 0) is 33.3 Å². The van der Waals surface area contributed by atoms with Gasteiger partial charge < -0.3 is 23.7 Å². The lowest BCUT2D eigenvalue weighted by molar-refractivity contribution is -0.316. The average molecular weight is 336 g/mol. The first-order chi connectivity index (χ1) is 11.5. The van der Waals surface area contributed by atoms with Gasteiger partial charge in [0.05, 0.1) is 13.2 Å². The second kappa shape index (κ2) is 7.29. The van der Waals surface area contributed by atoms with Gasteiger partial charge in [-0.05, 0) is 0 Å². The normalized spacial score (nSPS) is 32.5. The maximum atomic E-state index is 11.5. The van der Waals surface area contributed by atoms with Crippen molar-refractivity contribution in [3.05, 3.63) is 35.9 Å². The molecule has 7 nitrogen and oxygen atoms in total. The largest absolute Gasteiger partial charge is 0.456 e. The van der Waals surface area contributed by atoms with E-state index in [0.717, 1.165) is 5.56 Å². The topological polar surface area (TPSA) is 80.3 Å². The second-order valence-corrected chi connectivity index (χ2v) is 5.77. The molecule has 5 atom stereocenters. The van der Waals surface area contributed by atoms with Gasteiger partial charge in [0.25, 0.3) is 0 Å². The van der Waals surface area contributed by atoms with Crippen molar-refractivity contribution in [1.29, 1.82) is 0 Å². The molecule has 0 spiro atoms. The van der Waals surface area contributed by atoms with Crippen LogP contribution in [0, 0.1) is 0 Å². The molecule has 2 aliphatic heterocycles. The minimum absolute atomic E-state index is 0.126. The van der Waals surface area contributed by atoms with Crippen LogP contribution in [-0.4, -0.2) is 49.6 Å². The van der Waals surface area contributed by atoms with E-state index in [-0.39, 0.29) is 12.7 Å². The highest BCUT2D eigenvalue weighted by Crippen LogP contribution is 2.34. The van der Waals surface area contributed by atoms with E-state index in [1.165, 1.54) is 13.8 Å². The Kier molecular flexibility index (Phi) is 5.13. The summed E-state index contributed by atoms with van der Waals surface area (Å²) in [6, 6.07) is 9.45. The summed E-state index contributed by atoms with van der Waals surface area (Å²) in [6.07, 6.45) is -3.00. The van der Waals surface area contributed by atoms with Crippen LogP contribution in [0.5, 0.6) is 0 Å². The minimum Gasteiger partial charge on any atom is -0.456 e. The van der Waals surface area contributed by atoms with Crippen molar-refractivity contribution in [3.8, 4) is 0 Å². The number of rotatable bonds is 3. The number of carbonyl (C=O) groups is 2. The molecule has 0 aliphatic carbocycles. The van der Waals surface area contributed by atoms with Crippen LogP contribution in [0.4, 0.5) is 0 Å². The highest BCUT2D eigenvalue weighted by atomic mass is 16.7. The Morgan fingerprint density at radius 3 is 2.38 bits per heavy atom. The first kappa shape index (κ1) is 16.9. The van der Waals surface area contributed by atoms with Crippen molar-refractivity contribution < 1.29 is 33.3 Å². The third-order valence-corrected chi connectivity index (χ3v) is 3.91. The number of benzene rings is 1. The SMILES string of the molecule is CC(=O)OC1COC2COC(c3ccccc3)OC2C1OC(C)=O. The Balaban J connectivity index is 1.79. The summed E-state index contributed by atoms with van der Waals surface area (Å²) >= 11 is 0. The highest BCUT2D eigenvalue weighted by molar-refractivity contribution is 5.67. The Morgan fingerprint density at radius 2 is 1.71 bits per heavy atom. The van der Waals surface area contributed by atoms with Crippen molar-refractivity contribution in [2.45, 2.75) is 44.6 Å².